The minimum absolute atomic E-state index is 0.138. The molecule has 1 aliphatic heterocycles. The largest absolute Gasteiger partial charge is 0.401 e. The first kappa shape index (κ1) is 21.2. The molecule has 0 spiro atoms. The van der Waals surface area contributed by atoms with E-state index >= 15 is 0 Å². The summed E-state index contributed by atoms with van der Waals surface area (Å²) in [5, 5.41) is 3.52. The Morgan fingerprint density at radius 3 is 2.11 bits per heavy atom. The number of alkyl halides is 3. The lowest BCUT2D eigenvalue weighted by molar-refractivity contribution is -0.156. The van der Waals surface area contributed by atoms with Gasteiger partial charge in [0.2, 0.25) is 0 Å². The number of nitrogens with two attached hydrogens (primary N) is 1. The Labute approximate surface area is 166 Å². The van der Waals surface area contributed by atoms with Crippen LogP contribution in [0.2, 0.25) is 0 Å². The van der Waals surface area contributed by atoms with Crippen LogP contribution in [-0.2, 0) is 0 Å². The maximum atomic E-state index is 12.8. The van der Waals surface area contributed by atoms with E-state index in [1.807, 2.05) is 13.8 Å². The van der Waals surface area contributed by atoms with Crippen LogP contribution in [0.3, 0.4) is 0 Å². The van der Waals surface area contributed by atoms with Crippen molar-refractivity contribution in [2.45, 2.75) is 63.8 Å². The highest BCUT2D eigenvalue weighted by atomic mass is 19.4. The highest BCUT2D eigenvalue weighted by Crippen LogP contribution is 2.28. The van der Waals surface area contributed by atoms with Crippen molar-refractivity contribution in [1.82, 2.24) is 4.90 Å². The molecule has 0 amide bonds. The molecule has 2 unspecified atom stereocenters. The van der Waals surface area contributed by atoms with E-state index in [-0.39, 0.29) is 12.1 Å². The molecule has 1 saturated heterocycles. The van der Waals surface area contributed by atoms with Gasteiger partial charge in [-0.05, 0) is 69.7 Å². The van der Waals surface area contributed by atoms with Gasteiger partial charge in [-0.1, -0.05) is 0 Å². The van der Waals surface area contributed by atoms with E-state index in [2.05, 4.69) is 34.5 Å². The number of hydrogen-bond acceptors (Lipinski definition) is 4. The molecule has 1 aromatic carbocycles. The molecule has 4 nitrogen and oxygen atoms in total. The first-order chi connectivity index (χ1) is 13.2. The highest BCUT2D eigenvalue weighted by Gasteiger charge is 2.38. The SMILES string of the molecule is CC1CN(c2ccc(NCC3CCC(N)CC3)cc2)CC(C)N1CC(F)(F)F. The minimum Gasteiger partial charge on any atom is -0.385 e. The molecule has 158 valence electrons. The van der Waals surface area contributed by atoms with Gasteiger partial charge < -0.3 is 16.0 Å². The van der Waals surface area contributed by atoms with Gasteiger partial charge in [-0.2, -0.15) is 13.2 Å². The molecular formula is C21H33F3N4. The number of rotatable bonds is 5. The first-order valence-electron chi connectivity index (χ1n) is 10.4. The molecule has 0 aromatic heterocycles. The summed E-state index contributed by atoms with van der Waals surface area (Å²) in [7, 11) is 0. The van der Waals surface area contributed by atoms with E-state index in [9.17, 15) is 13.2 Å². The molecule has 2 aliphatic rings. The van der Waals surface area contributed by atoms with Gasteiger partial charge in [0, 0.05) is 49.1 Å². The number of benzene rings is 1. The van der Waals surface area contributed by atoms with E-state index in [1.165, 1.54) is 12.8 Å². The second-order valence-corrected chi connectivity index (χ2v) is 8.60. The lowest BCUT2D eigenvalue weighted by atomic mass is 9.86. The molecule has 1 aliphatic carbocycles. The summed E-state index contributed by atoms with van der Waals surface area (Å²) in [6.45, 7) is 5.10. The molecule has 0 bridgehead atoms. The topological polar surface area (TPSA) is 44.5 Å². The van der Waals surface area contributed by atoms with Crippen LogP contribution in [0.1, 0.15) is 39.5 Å². The van der Waals surface area contributed by atoms with Crippen LogP contribution >= 0.6 is 0 Å². The first-order valence-corrected chi connectivity index (χ1v) is 10.4. The zero-order valence-electron chi connectivity index (χ0n) is 16.9. The maximum absolute atomic E-state index is 12.8. The molecule has 3 N–H and O–H groups in total. The molecule has 1 aromatic rings. The van der Waals surface area contributed by atoms with E-state index in [0.29, 0.717) is 25.0 Å². The van der Waals surface area contributed by atoms with Crippen LogP contribution in [0.25, 0.3) is 0 Å². The van der Waals surface area contributed by atoms with Crippen molar-refractivity contribution < 1.29 is 13.2 Å². The lowest BCUT2D eigenvalue weighted by Crippen LogP contribution is -2.58. The number of nitrogens with one attached hydrogen (secondary N) is 1. The normalized spacial score (nSPS) is 29.7. The fourth-order valence-electron chi connectivity index (χ4n) is 4.53. The third-order valence-corrected chi connectivity index (χ3v) is 6.18. The van der Waals surface area contributed by atoms with Crippen LogP contribution < -0.4 is 16.0 Å². The Balaban J connectivity index is 1.52. The summed E-state index contributed by atoms with van der Waals surface area (Å²) in [4.78, 5) is 3.75. The van der Waals surface area contributed by atoms with Crippen LogP contribution in [0, 0.1) is 5.92 Å². The molecule has 7 heteroatoms. The quantitative estimate of drug-likeness (QED) is 0.785. The Hall–Kier alpha value is -1.47. The van der Waals surface area contributed by atoms with Crippen molar-refractivity contribution in [2.24, 2.45) is 11.7 Å². The Bertz CT molecular complexity index is 599. The third kappa shape index (κ3) is 5.77. The summed E-state index contributed by atoms with van der Waals surface area (Å²) in [6.07, 6.45) is 0.444. The summed E-state index contributed by atoms with van der Waals surface area (Å²) in [6, 6.07) is 8.37. The van der Waals surface area contributed by atoms with Crippen LogP contribution in [0.4, 0.5) is 24.5 Å². The Morgan fingerprint density at radius 1 is 1.00 bits per heavy atom. The summed E-state index contributed by atoms with van der Waals surface area (Å²) in [5.74, 6) is 0.683. The Kier molecular flexibility index (Phi) is 6.76. The lowest BCUT2D eigenvalue weighted by Gasteiger charge is -2.45. The number of halogens is 3. The molecular weight excluding hydrogens is 365 g/mol. The van der Waals surface area contributed by atoms with Crippen LogP contribution in [0.15, 0.2) is 24.3 Å². The predicted molar refractivity (Wildman–Crippen MR) is 109 cm³/mol. The Morgan fingerprint density at radius 2 is 1.57 bits per heavy atom. The smallest absolute Gasteiger partial charge is 0.385 e. The average Bonchev–Trinajstić information content (AvgIpc) is 2.64. The van der Waals surface area contributed by atoms with Crippen molar-refractivity contribution in [3.8, 4) is 0 Å². The number of piperazine rings is 1. The second kappa shape index (κ2) is 8.91. The zero-order valence-corrected chi connectivity index (χ0v) is 16.9. The van der Waals surface area contributed by atoms with Crippen molar-refractivity contribution in [1.29, 1.82) is 0 Å². The van der Waals surface area contributed by atoms with Gasteiger partial charge in [0.15, 0.2) is 0 Å². The maximum Gasteiger partial charge on any atom is 0.401 e. The van der Waals surface area contributed by atoms with Gasteiger partial charge in [0.25, 0.3) is 0 Å². The number of nitrogens with zero attached hydrogens (tertiary/aromatic N) is 2. The fourth-order valence-corrected chi connectivity index (χ4v) is 4.53. The van der Waals surface area contributed by atoms with Crippen LogP contribution in [0.5, 0.6) is 0 Å². The van der Waals surface area contributed by atoms with E-state index in [0.717, 1.165) is 30.8 Å². The summed E-state index contributed by atoms with van der Waals surface area (Å²) in [5.41, 5.74) is 8.13. The van der Waals surface area contributed by atoms with Gasteiger partial charge in [-0.3, -0.25) is 4.90 Å². The van der Waals surface area contributed by atoms with Gasteiger partial charge in [-0.15, -0.1) is 0 Å². The molecule has 0 radical (unpaired) electrons. The van der Waals surface area contributed by atoms with Gasteiger partial charge in [0.05, 0.1) is 6.54 Å². The molecule has 28 heavy (non-hydrogen) atoms. The average molecular weight is 399 g/mol. The standard InChI is InChI=1S/C21H33F3N4/c1-15-12-27(13-16(2)28(15)14-21(22,23)24)20-9-7-19(8-10-20)26-11-17-3-5-18(25)6-4-17/h7-10,15-18,26H,3-6,11-14,25H2,1-2H3. The minimum atomic E-state index is -4.15. The molecule has 1 heterocycles. The predicted octanol–water partition coefficient (Wildman–Crippen LogP) is 4.08. The molecule has 3 rings (SSSR count). The van der Waals surface area contributed by atoms with Gasteiger partial charge in [-0.25, -0.2) is 0 Å². The van der Waals surface area contributed by atoms with E-state index in [1.54, 1.807) is 4.90 Å². The molecule has 1 saturated carbocycles. The van der Waals surface area contributed by atoms with Crippen molar-refractivity contribution in [2.75, 3.05) is 36.4 Å². The number of anilines is 2. The zero-order chi connectivity index (χ0) is 20.3. The summed E-state index contributed by atoms with van der Waals surface area (Å²) < 4.78 is 38.4. The van der Waals surface area contributed by atoms with Crippen molar-refractivity contribution in [3.05, 3.63) is 24.3 Å². The van der Waals surface area contributed by atoms with Crippen molar-refractivity contribution >= 4 is 11.4 Å². The molecule has 2 fully saturated rings. The van der Waals surface area contributed by atoms with Crippen LogP contribution in [-0.4, -0.2) is 55.4 Å². The monoisotopic (exact) mass is 398 g/mol. The highest BCUT2D eigenvalue weighted by molar-refractivity contribution is 5.55. The van der Waals surface area contributed by atoms with Gasteiger partial charge >= 0.3 is 6.18 Å². The summed E-state index contributed by atoms with van der Waals surface area (Å²) >= 11 is 0. The van der Waals surface area contributed by atoms with Crippen molar-refractivity contribution in [3.63, 3.8) is 0 Å². The van der Waals surface area contributed by atoms with E-state index < -0.39 is 12.7 Å². The molecule has 2 atom stereocenters. The number of hydrogen-bond donors (Lipinski definition) is 2. The second-order valence-electron chi connectivity index (χ2n) is 8.60. The third-order valence-electron chi connectivity index (χ3n) is 6.18. The van der Waals surface area contributed by atoms with Gasteiger partial charge in [0.1, 0.15) is 0 Å². The van der Waals surface area contributed by atoms with E-state index in [4.69, 9.17) is 5.73 Å². The fraction of sp³-hybridized carbons (Fsp3) is 0.714.